The van der Waals surface area contributed by atoms with Crippen LogP contribution in [0.2, 0.25) is 0 Å². The molecule has 0 fully saturated rings. The van der Waals surface area contributed by atoms with Crippen LogP contribution < -0.4 is 10.2 Å². The average Bonchev–Trinajstić information content (AvgIpc) is 2.34. The summed E-state index contributed by atoms with van der Waals surface area (Å²) in [4.78, 5) is 28.0. The van der Waals surface area contributed by atoms with Crippen LogP contribution in [0.15, 0.2) is 18.5 Å². The fourth-order valence-corrected chi connectivity index (χ4v) is 1.49. The van der Waals surface area contributed by atoms with Crippen molar-refractivity contribution in [3.8, 4) is 0 Å². The third-order valence-corrected chi connectivity index (χ3v) is 2.38. The largest absolute Gasteiger partial charge is 0.481 e. The molecule has 18 heavy (non-hydrogen) atoms. The minimum Gasteiger partial charge on any atom is -0.481 e. The number of carboxylic acid groups (broad SMARTS) is 1. The summed E-state index contributed by atoms with van der Waals surface area (Å²) < 4.78 is 0. The molecule has 0 spiro atoms. The summed E-state index contributed by atoms with van der Waals surface area (Å²) >= 11 is 0. The van der Waals surface area contributed by atoms with Crippen LogP contribution in [0.4, 0.5) is 5.69 Å². The lowest BCUT2D eigenvalue weighted by molar-refractivity contribution is -0.137. The summed E-state index contributed by atoms with van der Waals surface area (Å²) in [5.74, 6) is -1.10. The number of nitrogens with one attached hydrogen (secondary N) is 1. The molecule has 1 aromatic rings. The van der Waals surface area contributed by atoms with Gasteiger partial charge in [0.05, 0.1) is 11.3 Å². The fourth-order valence-electron chi connectivity index (χ4n) is 1.49. The first-order valence-corrected chi connectivity index (χ1v) is 5.63. The number of anilines is 1. The molecule has 0 saturated heterocycles. The van der Waals surface area contributed by atoms with Crippen molar-refractivity contribution in [2.24, 2.45) is 0 Å². The van der Waals surface area contributed by atoms with E-state index in [-0.39, 0.29) is 12.3 Å². The lowest BCUT2D eigenvalue weighted by atomic mass is 10.2. The van der Waals surface area contributed by atoms with Crippen LogP contribution in [0.3, 0.4) is 0 Å². The zero-order valence-corrected chi connectivity index (χ0v) is 10.5. The molecule has 6 heteroatoms. The van der Waals surface area contributed by atoms with Crippen molar-refractivity contribution in [2.75, 3.05) is 25.5 Å². The Hall–Kier alpha value is -2.11. The van der Waals surface area contributed by atoms with Gasteiger partial charge in [0.1, 0.15) is 0 Å². The van der Waals surface area contributed by atoms with Crippen LogP contribution in [0.25, 0.3) is 0 Å². The predicted octanol–water partition coefficient (Wildman–Crippen LogP) is 0.742. The first kappa shape index (κ1) is 14.0. The van der Waals surface area contributed by atoms with Crippen LogP contribution >= 0.6 is 0 Å². The van der Waals surface area contributed by atoms with Gasteiger partial charge in [0, 0.05) is 39.5 Å². The second-order valence-corrected chi connectivity index (χ2v) is 4.04. The Labute approximate surface area is 106 Å². The van der Waals surface area contributed by atoms with E-state index in [0.29, 0.717) is 18.5 Å². The number of hydrogen-bond donors (Lipinski definition) is 2. The number of carbonyl (C=O) groups is 2. The molecule has 0 aliphatic heterocycles. The molecule has 0 bridgehead atoms. The Bertz CT molecular complexity index is 432. The average molecular weight is 251 g/mol. The van der Waals surface area contributed by atoms with Crippen molar-refractivity contribution >= 4 is 17.6 Å². The molecule has 0 aromatic carbocycles. The Morgan fingerprint density at radius 3 is 2.78 bits per heavy atom. The summed E-state index contributed by atoms with van der Waals surface area (Å²) in [6.07, 6.45) is 3.59. The van der Waals surface area contributed by atoms with Gasteiger partial charge in [0.15, 0.2) is 0 Å². The molecule has 0 atom stereocenters. The van der Waals surface area contributed by atoms with E-state index in [4.69, 9.17) is 5.11 Å². The number of aromatic nitrogens is 1. The first-order chi connectivity index (χ1) is 8.52. The highest BCUT2D eigenvalue weighted by Crippen LogP contribution is 2.16. The van der Waals surface area contributed by atoms with E-state index in [1.54, 1.807) is 12.3 Å². The Kier molecular flexibility index (Phi) is 5.10. The second kappa shape index (κ2) is 6.58. The first-order valence-electron chi connectivity index (χ1n) is 5.63. The van der Waals surface area contributed by atoms with Crippen molar-refractivity contribution < 1.29 is 14.7 Å². The van der Waals surface area contributed by atoms with Gasteiger partial charge in [-0.2, -0.15) is 0 Å². The number of aliphatic carboxylic acids is 1. The van der Waals surface area contributed by atoms with Crippen LogP contribution in [0.5, 0.6) is 0 Å². The molecule has 0 aliphatic carbocycles. The highest BCUT2D eigenvalue weighted by Gasteiger charge is 2.12. The molecular formula is C12H17N3O3. The Balaban J connectivity index is 2.59. The molecule has 1 heterocycles. The van der Waals surface area contributed by atoms with Crippen LogP contribution in [-0.4, -0.2) is 42.6 Å². The maximum absolute atomic E-state index is 11.9. The number of carbonyl (C=O) groups excluding carboxylic acids is 1. The molecule has 1 aromatic heterocycles. The van der Waals surface area contributed by atoms with Gasteiger partial charge >= 0.3 is 5.97 Å². The topological polar surface area (TPSA) is 82.5 Å². The number of carboxylic acids is 1. The summed E-state index contributed by atoms with van der Waals surface area (Å²) in [6, 6.07) is 1.76. The smallest absolute Gasteiger partial charge is 0.303 e. The molecule has 98 valence electrons. The number of nitrogens with zero attached hydrogens (tertiary/aromatic N) is 2. The zero-order chi connectivity index (χ0) is 13.5. The molecule has 0 aliphatic rings. The van der Waals surface area contributed by atoms with E-state index in [1.165, 1.54) is 6.20 Å². The van der Waals surface area contributed by atoms with Gasteiger partial charge in [-0.25, -0.2) is 0 Å². The van der Waals surface area contributed by atoms with E-state index in [9.17, 15) is 9.59 Å². The SMILES string of the molecule is CN(C)c1ccncc1C(=O)NCCCC(=O)O. The summed E-state index contributed by atoms with van der Waals surface area (Å²) in [5.41, 5.74) is 1.26. The minimum absolute atomic E-state index is 0.0495. The predicted molar refractivity (Wildman–Crippen MR) is 67.8 cm³/mol. The molecule has 2 N–H and O–H groups in total. The van der Waals surface area contributed by atoms with E-state index >= 15 is 0 Å². The lowest BCUT2D eigenvalue weighted by Crippen LogP contribution is -2.27. The Morgan fingerprint density at radius 1 is 1.44 bits per heavy atom. The van der Waals surface area contributed by atoms with E-state index in [0.717, 1.165) is 5.69 Å². The standard InChI is InChI=1S/C12H17N3O3/c1-15(2)10-5-7-13-8-9(10)12(18)14-6-3-4-11(16)17/h5,7-8H,3-4,6H2,1-2H3,(H,14,18)(H,16,17). The van der Waals surface area contributed by atoms with Crippen LogP contribution in [-0.2, 0) is 4.79 Å². The number of amides is 1. The van der Waals surface area contributed by atoms with Gasteiger partial charge in [-0.15, -0.1) is 0 Å². The normalized spacial score (nSPS) is 9.89. The lowest BCUT2D eigenvalue weighted by Gasteiger charge is -2.16. The fraction of sp³-hybridized carbons (Fsp3) is 0.417. The van der Waals surface area contributed by atoms with Crippen LogP contribution in [0.1, 0.15) is 23.2 Å². The van der Waals surface area contributed by atoms with Crippen molar-refractivity contribution in [1.29, 1.82) is 0 Å². The second-order valence-electron chi connectivity index (χ2n) is 4.04. The molecular weight excluding hydrogens is 234 g/mol. The van der Waals surface area contributed by atoms with E-state index < -0.39 is 5.97 Å². The van der Waals surface area contributed by atoms with Gasteiger partial charge in [-0.05, 0) is 12.5 Å². The zero-order valence-electron chi connectivity index (χ0n) is 10.5. The van der Waals surface area contributed by atoms with Gasteiger partial charge in [0.2, 0.25) is 0 Å². The molecule has 1 rings (SSSR count). The Morgan fingerprint density at radius 2 is 2.17 bits per heavy atom. The van der Waals surface area contributed by atoms with E-state index in [2.05, 4.69) is 10.3 Å². The molecule has 6 nitrogen and oxygen atoms in total. The van der Waals surface area contributed by atoms with Crippen LogP contribution in [0, 0.1) is 0 Å². The number of hydrogen-bond acceptors (Lipinski definition) is 4. The quantitative estimate of drug-likeness (QED) is 0.729. The third kappa shape index (κ3) is 4.04. The highest BCUT2D eigenvalue weighted by molar-refractivity contribution is 5.99. The summed E-state index contributed by atoms with van der Waals surface area (Å²) in [7, 11) is 3.69. The number of rotatable bonds is 6. The van der Waals surface area contributed by atoms with Gasteiger partial charge in [0.25, 0.3) is 5.91 Å². The number of pyridine rings is 1. The highest BCUT2D eigenvalue weighted by atomic mass is 16.4. The molecule has 0 radical (unpaired) electrons. The van der Waals surface area contributed by atoms with Crippen molar-refractivity contribution in [3.05, 3.63) is 24.0 Å². The third-order valence-electron chi connectivity index (χ3n) is 2.38. The van der Waals surface area contributed by atoms with Gasteiger partial charge in [-0.3, -0.25) is 14.6 Å². The van der Waals surface area contributed by atoms with Gasteiger partial charge < -0.3 is 15.3 Å². The maximum atomic E-state index is 11.9. The maximum Gasteiger partial charge on any atom is 0.303 e. The van der Waals surface area contributed by atoms with E-state index in [1.807, 2.05) is 19.0 Å². The van der Waals surface area contributed by atoms with Gasteiger partial charge in [-0.1, -0.05) is 0 Å². The molecule has 0 saturated carbocycles. The summed E-state index contributed by atoms with van der Waals surface area (Å²) in [5, 5.41) is 11.2. The molecule has 1 amide bonds. The van der Waals surface area contributed by atoms with Crippen molar-refractivity contribution in [1.82, 2.24) is 10.3 Å². The monoisotopic (exact) mass is 251 g/mol. The van der Waals surface area contributed by atoms with Crippen molar-refractivity contribution in [3.63, 3.8) is 0 Å². The molecule has 0 unspecified atom stereocenters. The minimum atomic E-state index is -0.861. The summed E-state index contributed by atoms with van der Waals surface area (Å²) in [6.45, 7) is 0.340. The van der Waals surface area contributed by atoms with Crippen molar-refractivity contribution in [2.45, 2.75) is 12.8 Å².